The Balaban J connectivity index is 2.07. The van der Waals surface area contributed by atoms with E-state index in [2.05, 4.69) is 0 Å². The molecule has 2 N–H and O–H groups in total. The first-order chi connectivity index (χ1) is 8.20. The monoisotopic (exact) mass is 231 g/mol. The Kier molecular flexibility index (Phi) is 3.49. The molecular formula is C14H17NO2. The van der Waals surface area contributed by atoms with E-state index in [-0.39, 0.29) is 0 Å². The molecular weight excluding hydrogens is 214 g/mol. The molecule has 0 amide bonds. The van der Waals surface area contributed by atoms with Crippen LogP contribution in [0, 0.1) is 13.8 Å². The summed E-state index contributed by atoms with van der Waals surface area (Å²) >= 11 is 0. The van der Waals surface area contributed by atoms with Gasteiger partial charge in [-0.25, -0.2) is 0 Å². The maximum atomic E-state index is 5.76. The smallest absolute Gasteiger partial charge is 0.122 e. The van der Waals surface area contributed by atoms with E-state index in [1.165, 1.54) is 0 Å². The zero-order valence-electron chi connectivity index (χ0n) is 10.2. The Labute approximate surface area is 101 Å². The number of ether oxygens (including phenoxy) is 1. The molecule has 0 radical (unpaired) electrons. The van der Waals surface area contributed by atoms with Crippen LogP contribution in [-0.4, -0.2) is 0 Å². The van der Waals surface area contributed by atoms with Crippen LogP contribution < -0.4 is 10.5 Å². The molecule has 0 saturated carbocycles. The van der Waals surface area contributed by atoms with E-state index in [0.717, 1.165) is 28.4 Å². The molecule has 1 aromatic heterocycles. The van der Waals surface area contributed by atoms with Crippen LogP contribution in [0.5, 0.6) is 5.75 Å². The summed E-state index contributed by atoms with van der Waals surface area (Å²) in [7, 11) is 0. The highest BCUT2D eigenvalue weighted by Crippen LogP contribution is 2.20. The van der Waals surface area contributed by atoms with Crippen LogP contribution in [0.25, 0.3) is 0 Å². The van der Waals surface area contributed by atoms with Gasteiger partial charge in [-0.1, -0.05) is 18.2 Å². The van der Waals surface area contributed by atoms with Crippen LogP contribution in [-0.2, 0) is 13.2 Å². The van der Waals surface area contributed by atoms with E-state index in [0.29, 0.717) is 13.2 Å². The average molecular weight is 231 g/mol. The van der Waals surface area contributed by atoms with Crippen molar-refractivity contribution >= 4 is 0 Å². The number of para-hydroxylation sites is 1. The molecule has 1 aromatic carbocycles. The predicted octanol–water partition coefficient (Wildman–Crippen LogP) is 2.93. The molecule has 0 bridgehead atoms. The standard InChI is InChI=1S/C14H17NO2/c1-10-5-3-4-6-14(10)16-9-12-7-13(8-15)17-11(12)2/h3-7H,8-9,15H2,1-2H3. The molecule has 0 unspecified atom stereocenters. The minimum absolute atomic E-state index is 0.422. The molecule has 0 fully saturated rings. The maximum absolute atomic E-state index is 5.76. The van der Waals surface area contributed by atoms with Crippen LogP contribution in [0.2, 0.25) is 0 Å². The SMILES string of the molecule is Cc1ccccc1OCc1cc(CN)oc1C. The van der Waals surface area contributed by atoms with Crippen molar-refractivity contribution in [3.63, 3.8) is 0 Å². The lowest BCUT2D eigenvalue weighted by molar-refractivity contribution is 0.301. The molecule has 1 heterocycles. The first kappa shape index (κ1) is 11.7. The lowest BCUT2D eigenvalue weighted by Gasteiger charge is -2.07. The van der Waals surface area contributed by atoms with Gasteiger partial charge in [0, 0.05) is 5.56 Å². The number of rotatable bonds is 4. The summed E-state index contributed by atoms with van der Waals surface area (Å²) in [5.74, 6) is 2.58. The van der Waals surface area contributed by atoms with Crippen molar-refractivity contribution in [2.45, 2.75) is 27.0 Å². The third kappa shape index (κ3) is 2.68. The zero-order valence-corrected chi connectivity index (χ0v) is 10.2. The van der Waals surface area contributed by atoms with Gasteiger partial charge in [-0.3, -0.25) is 0 Å². The fourth-order valence-corrected chi connectivity index (χ4v) is 1.71. The fraction of sp³-hybridized carbons (Fsp3) is 0.286. The average Bonchev–Trinajstić information content (AvgIpc) is 2.69. The summed E-state index contributed by atoms with van der Waals surface area (Å²) in [4.78, 5) is 0. The van der Waals surface area contributed by atoms with Crippen LogP contribution in [0.15, 0.2) is 34.7 Å². The molecule has 90 valence electrons. The Morgan fingerprint density at radius 2 is 2.00 bits per heavy atom. The first-order valence-electron chi connectivity index (χ1n) is 5.67. The lowest BCUT2D eigenvalue weighted by atomic mass is 10.2. The summed E-state index contributed by atoms with van der Waals surface area (Å²) in [6, 6.07) is 9.92. The van der Waals surface area contributed by atoms with E-state index >= 15 is 0 Å². The first-order valence-corrected chi connectivity index (χ1v) is 5.67. The normalized spacial score (nSPS) is 10.5. The van der Waals surface area contributed by atoms with Crippen molar-refractivity contribution in [3.05, 3.63) is 53.0 Å². The van der Waals surface area contributed by atoms with Crippen LogP contribution in [0.1, 0.15) is 22.6 Å². The van der Waals surface area contributed by atoms with E-state index in [1.54, 1.807) is 0 Å². The molecule has 0 aliphatic rings. The maximum Gasteiger partial charge on any atom is 0.122 e. The van der Waals surface area contributed by atoms with E-state index < -0.39 is 0 Å². The molecule has 0 aliphatic carbocycles. The van der Waals surface area contributed by atoms with E-state index in [9.17, 15) is 0 Å². The van der Waals surface area contributed by atoms with E-state index in [4.69, 9.17) is 14.9 Å². The molecule has 0 saturated heterocycles. The highest BCUT2D eigenvalue weighted by Gasteiger charge is 2.07. The molecule has 0 aliphatic heterocycles. The van der Waals surface area contributed by atoms with Crippen molar-refractivity contribution in [1.82, 2.24) is 0 Å². The number of hydrogen-bond acceptors (Lipinski definition) is 3. The van der Waals surface area contributed by atoms with Gasteiger partial charge in [0.1, 0.15) is 23.9 Å². The Hall–Kier alpha value is -1.74. The van der Waals surface area contributed by atoms with Gasteiger partial charge in [0.15, 0.2) is 0 Å². The summed E-state index contributed by atoms with van der Waals surface area (Å²) in [6.45, 7) is 4.89. The van der Waals surface area contributed by atoms with Crippen molar-refractivity contribution in [3.8, 4) is 5.75 Å². The highest BCUT2D eigenvalue weighted by atomic mass is 16.5. The minimum Gasteiger partial charge on any atom is -0.489 e. The molecule has 17 heavy (non-hydrogen) atoms. The number of furan rings is 1. The summed E-state index contributed by atoms with van der Waals surface area (Å²) in [5, 5.41) is 0. The number of benzene rings is 1. The van der Waals surface area contributed by atoms with Crippen molar-refractivity contribution in [2.24, 2.45) is 5.73 Å². The second kappa shape index (κ2) is 5.06. The molecule has 0 spiro atoms. The Morgan fingerprint density at radius 3 is 2.65 bits per heavy atom. The fourth-order valence-electron chi connectivity index (χ4n) is 1.71. The van der Waals surface area contributed by atoms with Crippen LogP contribution in [0.3, 0.4) is 0 Å². The summed E-state index contributed by atoms with van der Waals surface area (Å²) < 4.78 is 11.2. The molecule has 2 aromatic rings. The predicted molar refractivity (Wildman–Crippen MR) is 66.8 cm³/mol. The number of nitrogens with two attached hydrogens (primary N) is 1. The second-order valence-corrected chi connectivity index (χ2v) is 4.05. The lowest BCUT2D eigenvalue weighted by Crippen LogP contribution is -1.97. The summed E-state index contributed by atoms with van der Waals surface area (Å²) in [5.41, 5.74) is 7.71. The molecule has 3 nitrogen and oxygen atoms in total. The van der Waals surface area contributed by atoms with Gasteiger partial charge >= 0.3 is 0 Å². The third-order valence-electron chi connectivity index (χ3n) is 2.75. The number of hydrogen-bond donors (Lipinski definition) is 1. The van der Waals surface area contributed by atoms with Gasteiger partial charge in [0.2, 0.25) is 0 Å². The van der Waals surface area contributed by atoms with Crippen LogP contribution in [0.4, 0.5) is 0 Å². The van der Waals surface area contributed by atoms with E-state index in [1.807, 2.05) is 44.2 Å². The van der Waals surface area contributed by atoms with Crippen molar-refractivity contribution < 1.29 is 9.15 Å². The number of aryl methyl sites for hydroxylation is 2. The van der Waals surface area contributed by atoms with Crippen molar-refractivity contribution in [2.75, 3.05) is 0 Å². The molecule has 0 atom stereocenters. The highest BCUT2D eigenvalue weighted by molar-refractivity contribution is 5.32. The third-order valence-corrected chi connectivity index (χ3v) is 2.75. The largest absolute Gasteiger partial charge is 0.489 e. The summed E-state index contributed by atoms with van der Waals surface area (Å²) in [6.07, 6.45) is 0. The minimum atomic E-state index is 0.422. The quantitative estimate of drug-likeness (QED) is 0.880. The second-order valence-electron chi connectivity index (χ2n) is 4.05. The zero-order chi connectivity index (χ0) is 12.3. The molecule has 3 heteroatoms. The van der Waals surface area contributed by atoms with Gasteiger partial charge in [0.05, 0.1) is 6.54 Å². The Bertz CT molecular complexity index is 503. The van der Waals surface area contributed by atoms with Gasteiger partial charge in [-0.15, -0.1) is 0 Å². The van der Waals surface area contributed by atoms with Gasteiger partial charge < -0.3 is 14.9 Å². The molecule has 2 rings (SSSR count). The van der Waals surface area contributed by atoms with Crippen LogP contribution >= 0.6 is 0 Å². The van der Waals surface area contributed by atoms with Gasteiger partial charge in [-0.2, -0.15) is 0 Å². The Morgan fingerprint density at radius 1 is 1.24 bits per heavy atom. The van der Waals surface area contributed by atoms with Gasteiger partial charge in [0.25, 0.3) is 0 Å². The topological polar surface area (TPSA) is 48.4 Å². The van der Waals surface area contributed by atoms with Crippen molar-refractivity contribution in [1.29, 1.82) is 0 Å². The van der Waals surface area contributed by atoms with Gasteiger partial charge in [-0.05, 0) is 31.5 Å².